The Kier molecular flexibility index (Phi) is 7.21. The highest BCUT2D eigenvalue weighted by Gasteiger charge is 2.45. The lowest BCUT2D eigenvalue weighted by Gasteiger charge is -2.37. The molecule has 0 aromatic heterocycles. The van der Waals surface area contributed by atoms with E-state index >= 15 is 0 Å². The van der Waals surface area contributed by atoms with E-state index in [2.05, 4.69) is 43.0 Å². The highest BCUT2D eigenvalue weighted by molar-refractivity contribution is 7.07. The van der Waals surface area contributed by atoms with Crippen molar-refractivity contribution in [1.82, 2.24) is 0 Å². The van der Waals surface area contributed by atoms with Crippen molar-refractivity contribution in [3.8, 4) is 0 Å². The lowest BCUT2D eigenvalue weighted by molar-refractivity contribution is -0.137. The van der Waals surface area contributed by atoms with Crippen molar-refractivity contribution < 1.29 is 14.0 Å². The summed E-state index contributed by atoms with van der Waals surface area (Å²) in [6.45, 7) is 6.15. The van der Waals surface area contributed by atoms with E-state index in [1.54, 1.807) is 0 Å². The molecule has 0 amide bonds. The summed E-state index contributed by atoms with van der Waals surface area (Å²) in [5, 5.41) is 3.26. The van der Waals surface area contributed by atoms with E-state index in [1.165, 1.54) is 7.11 Å². The molecule has 0 heterocycles. The lowest BCUT2D eigenvalue weighted by atomic mass is 9.98. The quantitative estimate of drug-likeness (QED) is 0.167. The molecule has 0 aliphatic heterocycles. The molecular weight excluding hydrogens is 436 g/mol. The van der Waals surface area contributed by atoms with Gasteiger partial charge in [0.1, 0.15) is 6.10 Å². The van der Waals surface area contributed by atoms with Gasteiger partial charge in [0, 0.05) is 0 Å². The van der Waals surface area contributed by atoms with E-state index in [4.69, 9.17) is 9.16 Å². The summed E-state index contributed by atoms with van der Waals surface area (Å²) >= 11 is 0. The summed E-state index contributed by atoms with van der Waals surface area (Å²) in [6, 6.07) is 38.8. The van der Waals surface area contributed by atoms with Gasteiger partial charge in [0.05, 0.1) is 12.7 Å². The molecule has 0 bridgehead atoms. The molecule has 4 aromatic carbocycles. The lowest BCUT2D eigenvalue weighted by Crippen LogP contribution is -2.69. The Balaban J connectivity index is 2.02. The highest BCUT2D eigenvalue weighted by atomic mass is 28.4. The van der Waals surface area contributed by atoms with Crippen molar-refractivity contribution in [2.24, 2.45) is 0 Å². The van der Waals surface area contributed by atoms with Crippen LogP contribution in [0, 0.1) is 6.92 Å². The fourth-order valence-electron chi connectivity index (χ4n) is 4.34. The molecule has 0 radical (unpaired) electrons. The molecule has 0 fully saturated rings. The van der Waals surface area contributed by atoms with E-state index in [9.17, 15) is 4.79 Å². The Labute approximate surface area is 202 Å². The van der Waals surface area contributed by atoms with E-state index in [-0.39, 0.29) is 5.57 Å². The summed E-state index contributed by atoms with van der Waals surface area (Å²) in [6.07, 6.45) is -0.680. The van der Waals surface area contributed by atoms with Crippen molar-refractivity contribution in [1.29, 1.82) is 0 Å². The number of ether oxygens (including phenoxy) is 1. The van der Waals surface area contributed by atoms with Gasteiger partial charge in [0.2, 0.25) is 0 Å². The van der Waals surface area contributed by atoms with Crippen molar-refractivity contribution in [3.05, 3.63) is 139 Å². The van der Waals surface area contributed by atoms with Gasteiger partial charge in [-0.3, -0.25) is 0 Å². The van der Waals surface area contributed by atoms with Crippen molar-refractivity contribution in [3.63, 3.8) is 0 Å². The van der Waals surface area contributed by atoms with Gasteiger partial charge in [-0.05, 0) is 33.6 Å². The zero-order valence-corrected chi connectivity index (χ0v) is 20.5. The summed E-state index contributed by atoms with van der Waals surface area (Å²) < 4.78 is 12.4. The molecule has 0 aliphatic carbocycles. The van der Waals surface area contributed by atoms with Gasteiger partial charge in [-0.2, -0.15) is 0 Å². The molecule has 0 unspecified atom stereocenters. The molecule has 3 nitrogen and oxygen atoms in total. The maximum Gasteiger partial charge on any atom is 0.336 e. The predicted octanol–water partition coefficient (Wildman–Crippen LogP) is 4.45. The van der Waals surface area contributed by atoms with Crippen molar-refractivity contribution in [2.75, 3.05) is 7.11 Å². The molecule has 170 valence electrons. The maximum atomic E-state index is 12.7. The summed E-state index contributed by atoms with van der Waals surface area (Å²) in [7, 11) is -1.71. The first kappa shape index (κ1) is 23.4. The third-order valence-corrected chi connectivity index (χ3v) is 10.1. The number of esters is 1. The Morgan fingerprint density at radius 3 is 1.53 bits per heavy atom. The monoisotopic (exact) mass is 464 g/mol. The minimum atomic E-state index is -3.08. The van der Waals surface area contributed by atoms with E-state index < -0.39 is 20.4 Å². The van der Waals surface area contributed by atoms with Gasteiger partial charge in [0.25, 0.3) is 8.32 Å². The third-order valence-electron chi connectivity index (χ3n) is 6.07. The molecule has 4 rings (SSSR count). The molecule has 4 aromatic rings. The van der Waals surface area contributed by atoms with E-state index in [0.717, 1.165) is 26.7 Å². The Hall–Kier alpha value is -3.73. The number of carbonyl (C=O) groups excluding carboxylic acids is 1. The number of rotatable bonds is 8. The second-order valence-corrected chi connectivity index (χ2v) is 11.5. The van der Waals surface area contributed by atoms with E-state index in [1.807, 2.05) is 85.8 Å². The second kappa shape index (κ2) is 10.5. The first-order valence-electron chi connectivity index (χ1n) is 11.2. The molecule has 0 N–H and O–H groups in total. The smallest absolute Gasteiger partial charge is 0.336 e. The number of methoxy groups -OCH3 is 1. The molecule has 0 saturated carbocycles. The summed E-state index contributed by atoms with van der Waals surface area (Å²) in [4.78, 5) is 12.7. The molecule has 0 saturated heterocycles. The predicted molar refractivity (Wildman–Crippen MR) is 140 cm³/mol. The standard InChI is InChI=1S/C30H28O3Si/c1-23-15-13-14-22-28(23)29(24(2)30(31)32-3)33-34(25-16-7-4-8-17-25,26-18-9-5-10-19-26)27-20-11-6-12-21-27/h4-22,29H,2H2,1,3H3/t29-/m1/s1. The van der Waals surface area contributed by atoms with Gasteiger partial charge in [0.15, 0.2) is 0 Å². The Bertz CT molecular complexity index is 1160. The van der Waals surface area contributed by atoms with Crippen LogP contribution in [-0.2, 0) is 14.0 Å². The summed E-state index contributed by atoms with van der Waals surface area (Å²) in [5.74, 6) is -0.481. The molecule has 34 heavy (non-hydrogen) atoms. The van der Waals surface area contributed by atoms with Gasteiger partial charge in [-0.25, -0.2) is 4.79 Å². The fraction of sp³-hybridized carbons (Fsp3) is 0.100. The highest BCUT2D eigenvalue weighted by Crippen LogP contribution is 2.31. The normalized spacial score (nSPS) is 12.1. The zero-order valence-electron chi connectivity index (χ0n) is 19.5. The number of carbonyl (C=O) groups is 1. The van der Waals surface area contributed by atoms with Gasteiger partial charge in [-0.15, -0.1) is 0 Å². The average Bonchev–Trinajstić information content (AvgIpc) is 2.91. The third kappa shape index (κ3) is 4.51. The minimum Gasteiger partial charge on any atom is -0.466 e. The van der Waals surface area contributed by atoms with Crippen LogP contribution < -0.4 is 15.6 Å². The second-order valence-electron chi connectivity index (χ2n) is 8.15. The minimum absolute atomic E-state index is 0.275. The van der Waals surface area contributed by atoms with Crippen LogP contribution in [0.4, 0.5) is 0 Å². The van der Waals surface area contributed by atoms with Crippen molar-refractivity contribution in [2.45, 2.75) is 13.0 Å². The van der Waals surface area contributed by atoms with Crippen molar-refractivity contribution >= 4 is 29.8 Å². The van der Waals surface area contributed by atoms with Crippen LogP contribution in [0.2, 0.25) is 0 Å². The molecule has 4 heteroatoms. The maximum absolute atomic E-state index is 12.7. The van der Waals surface area contributed by atoms with Gasteiger partial charge >= 0.3 is 5.97 Å². The number of benzene rings is 4. The first-order valence-corrected chi connectivity index (χ1v) is 13.2. The fourth-order valence-corrected chi connectivity index (χ4v) is 8.36. The van der Waals surface area contributed by atoms with Crippen LogP contribution in [0.5, 0.6) is 0 Å². The van der Waals surface area contributed by atoms with Crippen LogP contribution >= 0.6 is 0 Å². The number of hydrogen-bond acceptors (Lipinski definition) is 3. The van der Waals surface area contributed by atoms with Crippen LogP contribution in [0.25, 0.3) is 0 Å². The Morgan fingerprint density at radius 1 is 0.706 bits per heavy atom. The first-order chi connectivity index (χ1) is 16.6. The summed E-state index contributed by atoms with van der Waals surface area (Å²) in [5.41, 5.74) is 2.20. The molecule has 0 aliphatic rings. The van der Waals surface area contributed by atoms with Gasteiger partial charge < -0.3 is 9.16 Å². The van der Waals surface area contributed by atoms with Crippen LogP contribution in [-0.4, -0.2) is 21.4 Å². The Morgan fingerprint density at radius 2 is 1.12 bits per heavy atom. The molecule has 0 spiro atoms. The zero-order chi connectivity index (χ0) is 24.0. The largest absolute Gasteiger partial charge is 0.466 e. The number of aryl methyl sites for hydroxylation is 1. The van der Waals surface area contributed by atoms with E-state index in [0.29, 0.717) is 0 Å². The van der Waals surface area contributed by atoms with Crippen LogP contribution in [0.1, 0.15) is 17.2 Å². The topological polar surface area (TPSA) is 35.5 Å². The molecule has 1 atom stereocenters. The SMILES string of the molecule is C=C(C(=O)OC)[C@@H](O[Si](c1ccccc1)(c1ccccc1)c1ccccc1)c1ccccc1C. The van der Waals surface area contributed by atoms with Crippen LogP contribution in [0.3, 0.4) is 0 Å². The number of hydrogen-bond donors (Lipinski definition) is 0. The van der Waals surface area contributed by atoms with Gasteiger partial charge in [-0.1, -0.05) is 122 Å². The van der Waals surface area contributed by atoms with Crippen LogP contribution in [0.15, 0.2) is 127 Å². The average molecular weight is 465 g/mol. The molecular formula is C30H28O3Si.